The molecule has 20 heavy (non-hydrogen) atoms. The Morgan fingerprint density at radius 2 is 2.15 bits per heavy atom. The maximum atomic E-state index is 11.9. The van der Waals surface area contributed by atoms with Crippen molar-refractivity contribution in [1.82, 2.24) is 10.2 Å². The van der Waals surface area contributed by atoms with E-state index in [1.807, 2.05) is 20.8 Å². The van der Waals surface area contributed by atoms with Crippen molar-refractivity contribution < 1.29 is 19.1 Å². The number of alkyl halides is 1. The van der Waals surface area contributed by atoms with E-state index in [0.29, 0.717) is 26.3 Å². The van der Waals surface area contributed by atoms with E-state index in [2.05, 4.69) is 21.2 Å². The monoisotopic (exact) mass is 350 g/mol. The van der Waals surface area contributed by atoms with Crippen LogP contribution in [0.4, 0.5) is 4.79 Å². The van der Waals surface area contributed by atoms with E-state index in [1.165, 1.54) is 0 Å². The van der Waals surface area contributed by atoms with E-state index in [1.54, 1.807) is 4.90 Å². The second-order valence-corrected chi connectivity index (χ2v) is 6.23. The molecule has 1 saturated heterocycles. The summed E-state index contributed by atoms with van der Waals surface area (Å²) in [5, 5.41) is 2.93. The predicted octanol–water partition coefficient (Wildman–Crippen LogP) is 1.52. The highest BCUT2D eigenvalue weighted by Crippen LogP contribution is 2.13. The van der Waals surface area contributed by atoms with Gasteiger partial charge >= 0.3 is 6.09 Å². The Bertz CT molecular complexity index is 338. The molecule has 116 valence electrons. The molecule has 1 heterocycles. The molecule has 0 aromatic rings. The number of carbonyl (C=O) groups excluding carboxylic acids is 2. The van der Waals surface area contributed by atoms with Crippen LogP contribution in [-0.2, 0) is 14.3 Å². The smallest absolute Gasteiger partial charge is 0.407 e. The van der Waals surface area contributed by atoms with Crippen LogP contribution in [0, 0.1) is 0 Å². The molecule has 1 aliphatic heterocycles. The van der Waals surface area contributed by atoms with Gasteiger partial charge in [0.2, 0.25) is 5.91 Å². The van der Waals surface area contributed by atoms with Crippen LogP contribution in [0.15, 0.2) is 0 Å². The molecule has 0 radical (unpaired) electrons. The van der Waals surface area contributed by atoms with E-state index in [-0.39, 0.29) is 17.3 Å². The number of halogens is 1. The maximum absolute atomic E-state index is 11.9. The van der Waals surface area contributed by atoms with Crippen LogP contribution in [0.2, 0.25) is 0 Å². The Balaban J connectivity index is 2.39. The first-order valence-electron chi connectivity index (χ1n) is 6.73. The van der Waals surface area contributed by atoms with Gasteiger partial charge in [0.1, 0.15) is 5.60 Å². The molecule has 0 aliphatic carbocycles. The highest BCUT2D eigenvalue weighted by molar-refractivity contribution is 9.09. The van der Waals surface area contributed by atoms with Gasteiger partial charge in [-0.3, -0.25) is 4.79 Å². The summed E-state index contributed by atoms with van der Waals surface area (Å²) < 4.78 is 10.4. The third-order valence-corrected chi connectivity index (χ3v) is 3.28. The van der Waals surface area contributed by atoms with E-state index in [4.69, 9.17) is 9.47 Å². The van der Waals surface area contributed by atoms with Gasteiger partial charge in [0.15, 0.2) is 0 Å². The number of hydrogen-bond acceptors (Lipinski definition) is 4. The average molecular weight is 351 g/mol. The first-order chi connectivity index (χ1) is 9.33. The van der Waals surface area contributed by atoms with Crippen LogP contribution in [0.3, 0.4) is 0 Å². The fourth-order valence-corrected chi connectivity index (χ4v) is 2.27. The van der Waals surface area contributed by atoms with E-state index in [0.717, 1.165) is 6.42 Å². The Hall–Kier alpha value is -0.820. The zero-order valence-electron chi connectivity index (χ0n) is 12.3. The summed E-state index contributed by atoms with van der Waals surface area (Å²) in [6, 6.07) is 0.0977. The lowest BCUT2D eigenvalue weighted by molar-refractivity contribution is -0.130. The summed E-state index contributed by atoms with van der Waals surface area (Å²) in [6.45, 7) is 7.48. The van der Waals surface area contributed by atoms with Crippen molar-refractivity contribution in [3.05, 3.63) is 0 Å². The van der Waals surface area contributed by atoms with Crippen LogP contribution in [-0.4, -0.2) is 60.2 Å². The molecule has 1 aliphatic rings. The van der Waals surface area contributed by atoms with Gasteiger partial charge in [-0.05, 0) is 27.2 Å². The van der Waals surface area contributed by atoms with Crippen molar-refractivity contribution in [3.8, 4) is 0 Å². The van der Waals surface area contributed by atoms with Gasteiger partial charge in [-0.15, -0.1) is 0 Å². The molecule has 1 atom stereocenters. The lowest BCUT2D eigenvalue weighted by Crippen LogP contribution is -2.46. The number of nitrogens with zero attached hydrogens (tertiary/aromatic N) is 1. The lowest BCUT2D eigenvalue weighted by Gasteiger charge is -2.28. The largest absolute Gasteiger partial charge is 0.444 e. The van der Waals surface area contributed by atoms with Crippen LogP contribution in [0.1, 0.15) is 27.2 Å². The summed E-state index contributed by atoms with van der Waals surface area (Å²) in [4.78, 5) is 25.2. The number of alkyl carbamates (subject to hydrolysis) is 1. The zero-order valence-corrected chi connectivity index (χ0v) is 13.9. The second kappa shape index (κ2) is 7.83. The molecule has 0 spiro atoms. The lowest BCUT2D eigenvalue weighted by atomic mass is 10.2. The maximum Gasteiger partial charge on any atom is 0.407 e. The topological polar surface area (TPSA) is 67.9 Å². The minimum atomic E-state index is -0.519. The fraction of sp³-hybridized carbons (Fsp3) is 0.846. The molecule has 1 unspecified atom stereocenters. The quantitative estimate of drug-likeness (QED) is 0.763. The van der Waals surface area contributed by atoms with Gasteiger partial charge in [-0.25, -0.2) is 4.79 Å². The summed E-state index contributed by atoms with van der Waals surface area (Å²) in [6.07, 6.45) is 0.372. The molecular weight excluding hydrogens is 328 g/mol. The van der Waals surface area contributed by atoms with Crippen molar-refractivity contribution in [2.24, 2.45) is 0 Å². The predicted molar refractivity (Wildman–Crippen MR) is 79.0 cm³/mol. The first kappa shape index (κ1) is 17.2. The van der Waals surface area contributed by atoms with Gasteiger partial charge in [0.25, 0.3) is 0 Å². The van der Waals surface area contributed by atoms with Crippen molar-refractivity contribution in [2.75, 3.05) is 31.6 Å². The van der Waals surface area contributed by atoms with Gasteiger partial charge in [0, 0.05) is 19.7 Å². The summed E-state index contributed by atoms with van der Waals surface area (Å²) in [5.74, 6) is 0.00601. The molecule has 0 aromatic heterocycles. The van der Waals surface area contributed by atoms with Gasteiger partial charge in [-0.1, -0.05) is 15.9 Å². The van der Waals surface area contributed by atoms with Gasteiger partial charge < -0.3 is 19.7 Å². The van der Waals surface area contributed by atoms with Crippen LogP contribution in [0.25, 0.3) is 0 Å². The van der Waals surface area contributed by atoms with Crippen molar-refractivity contribution in [2.45, 2.75) is 38.8 Å². The Morgan fingerprint density at radius 1 is 1.45 bits per heavy atom. The Kier molecular flexibility index (Phi) is 6.75. The highest BCUT2D eigenvalue weighted by Gasteiger charge is 2.26. The second-order valence-electron chi connectivity index (χ2n) is 5.67. The normalized spacial score (nSPS) is 18.7. The van der Waals surface area contributed by atoms with Crippen molar-refractivity contribution >= 4 is 27.9 Å². The van der Waals surface area contributed by atoms with Crippen molar-refractivity contribution in [1.29, 1.82) is 0 Å². The van der Waals surface area contributed by atoms with Crippen LogP contribution in [0.5, 0.6) is 0 Å². The summed E-state index contributed by atoms with van der Waals surface area (Å²) >= 11 is 3.18. The fourth-order valence-electron chi connectivity index (χ4n) is 1.95. The summed E-state index contributed by atoms with van der Waals surface area (Å²) in [5.41, 5.74) is -0.519. The molecule has 7 heteroatoms. The molecule has 6 nitrogen and oxygen atoms in total. The molecule has 2 amide bonds. The number of hydrogen-bond donors (Lipinski definition) is 1. The van der Waals surface area contributed by atoms with E-state index in [9.17, 15) is 9.59 Å². The first-order valence-corrected chi connectivity index (χ1v) is 7.85. The molecule has 0 saturated carbocycles. The third-order valence-electron chi connectivity index (χ3n) is 2.80. The van der Waals surface area contributed by atoms with Crippen LogP contribution >= 0.6 is 15.9 Å². The molecule has 1 fully saturated rings. The number of nitrogens with one attached hydrogen (secondary N) is 1. The van der Waals surface area contributed by atoms with Gasteiger partial charge in [0.05, 0.1) is 18.0 Å². The van der Waals surface area contributed by atoms with Gasteiger partial charge in [-0.2, -0.15) is 0 Å². The van der Waals surface area contributed by atoms with E-state index >= 15 is 0 Å². The Labute approximate surface area is 128 Å². The van der Waals surface area contributed by atoms with Crippen LogP contribution < -0.4 is 5.32 Å². The number of rotatable bonds is 5. The minimum absolute atomic E-state index is 0.00601. The van der Waals surface area contributed by atoms with E-state index < -0.39 is 11.7 Å². The molecule has 0 bridgehead atoms. The Morgan fingerprint density at radius 3 is 2.65 bits per heavy atom. The summed E-state index contributed by atoms with van der Waals surface area (Å²) in [7, 11) is 0. The standard InChI is InChI=1S/C13H23BrN2O4/c1-13(2,3)20-12(18)15-5-6-16(11(17)8-14)10-4-7-19-9-10/h10H,4-9H2,1-3H3,(H,15,18). The number of carbonyl (C=O) groups is 2. The SMILES string of the molecule is CC(C)(C)OC(=O)NCCN(C(=O)CBr)C1CCOC1. The molecule has 1 N–H and O–H groups in total. The molecular formula is C13H23BrN2O4. The average Bonchev–Trinajstić information content (AvgIpc) is 2.85. The zero-order chi connectivity index (χ0) is 15.2. The molecule has 1 rings (SSSR count). The number of ether oxygens (including phenoxy) is 2. The highest BCUT2D eigenvalue weighted by atomic mass is 79.9. The minimum Gasteiger partial charge on any atom is -0.444 e. The van der Waals surface area contributed by atoms with Crippen molar-refractivity contribution in [3.63, 3.8) is 0 Å². The third kappa shape index (κ3) is 6.09. The molecule has 0 aromatic carbocycles. The number of amides is 2.